The SMILES string of the molecule is CC1OCC2O[C@@H](N=[N+]=[N-])C(OC(=O)c3ccccc3)[C@@H](O)[C@H]2O1. The molecule has 9 heteroatoms. The zero-order chi connectivity index (χ0) is 17.1. The maximum Gasteiger partial charge on any atom is 0.338 e. The predicted molar refractivity (Wildman–Crippen MR) is 79.7 cm³/mol. The molecule has 6 atom stereocenters. The smallest absolute Gasteiger partial charge is 0.338 e. The Morgan fingerprint density at radius 1 is 1.38 bits per heavy atom. The van der Waals surface area contributed by atoms with Crippen molar-refractivity contribution in [3.05, 3.63) is 46.3 Å². The molecule has 0 aromatic heterocycles. The monoisotopic (exact) mass is 335 g/mol. The highest BCUT2D eigenvalue weighted by Gasteiger charge is 2.50. The maximum absolute atomic E-state index is 12.2. The standard InChI is InChI=1S/C15H17N3O6/c1-8-21-7-10-12(22-8)11(19)13(14(23-10)17-18-16)24-15(20)9-5-3-2-4-6-9/h2-6,8,10-14,19H,7H2,1H3/t8?,10?,11-,12-,13?,14+/m0/s1. The lowest BCUT2D eigenvalue weighted by atomic mass is 9.97. The summed E-state index contributed by atoms with van der Waals surface area (Å²) in [6.07, 6.45) is -5.44. The van der Waals surface area contributed by atoms with Gasteiger partial charge in [-0.3, -0.25) is 0 Å². The Morgan fingerprint density at radius 2 is 2.12 bits per heavy atom. The van der Waals surface area contributed by atoms with E-state index in [1.165, 1.54) is 0 Å². The van der Waals surface area contributed by atoms with Gasteiger partial charge in [0.15, 0.2) is 18.6 Å². The van der Waals surface area contributed by atoms with Gasteiger partial charge in [0, 0.05) is 4.91 Å². The van der Waals surface area contributed by atoms with Gasteiger partial charge < -0.3 is 24.1 Å². The van der Waals surface area contributed by atoms with E-state index in [1.807, 2.05) is 0 Å². The van der Waals surface area contributed by atoms with Crippen molar-refractivity contribution in [3.8, 4) is 0 Å². The average Bonchev–Trinajstić information content (AvgIpc) is 2.60. The lowest BCUT2D eigenvalue weighted by Crippen LogP contribution is -2.62. The first kappa shape index (κ1) is 16.7. The van der Waals surface area contributed by atoms with Crippen LogP contribution in [0.25, 0.3) is 10.4 Å². The van der Waals surface area contributed by atoms with Gasteiger partial charge >= 0.3 is 5.97 Å². The van der Waals surface area contributed by atoms with Crippen LogP contribution in [0.1, 0.15) is 17.3 Å². The number of esters is 1. The molecule has 0 spiro atoms. The highest BCUT2D eigenvalue weighted by atomic mass is 16.7. The Bertz CT molecular complexity index is 635. The van der Waals surface area contributed by atoms with Crippen LogP contribution < -0.4 is 0 Å². The molecule has 1 aromatic carbocycles. The molecule has 0 saturated carbocycles. The molecule has 0 bridgehead atoms. The number of aliphatic hydroxyl groups is 1. The van der Waals surface area contributed by atoms with E-state index in [1.54, 1.807) is 37.3 Å². The first-order valence-corrected chi connectivity index (χ1v) is 7.51. The van der Waals surface area contributed by atoms with Gasteiger partial charge in [-0.05, 0) is 24.6 Å². The van der Waals surface area contributed by atoms with Gasteiger partial charge in [-0.1, -0.05) is 23.3 Å². The molecule has 2 saturated heterocycles. The van der Waals surface area contributed by atoms with Gasteiger partial charge in [-0.15, -0.1) is 0 Å². The van der Waals surface area contributed by atoms with Crippen LogP contribution in [-0.4, -0.2) is 54.6 Å². The van der Waals surface area contributed by atoms with Crippen LogP contribution in [0.15, 0.2) is 35.4 Å². The van der Waals surface area contributed by atoms with E-state index in [2.05, 4.69) is 10.0 Å². The van der Waals surface area contributed by atoms with Crippen molar-refractivity contribution < 1.29 is 28.8 Å². The fourth-order valence-corrected chi connectivity index (χ4v) is 2.74. The van der Waals surface area contributed by atoms with Crippen molar-refractivity contribution in [3.63, 3.8) is 0 Å². The molecule has 0 radical (unpaired) electrons. The molecule has 3 unspecified atom stereocenters. The maximum atomic E-state index is 12.2. The third kappa shape index (κ3) is 3.35. The molecular weight excluding hydrogens is 318 g/mol. The largest absolute Gasteiger partial charge is 0.453 e. The summed E-state index contributed by atoms with van der Waals surface area (Å²) in [6, 6.07) is 8.30. The number of aliphatic hydroxyl groups excluding tert-OH is 1. The second-order valence-electron chi connectivity index (χ2n) is 5.50. The van der Waals surface area contributed by atoms with Gasteiger partial charge in [0.25, 0.3) is 0 Å². The van der Waals surface area contributed by atoms with E-state index in [4.69, 9.17) is 24.5 Å². The fraction of sp³-hybridized carbons (Fsp3) is 0.533. The van der Waals surface area contributed by atoms with Crippen LogP contribution in [0.2, 0.25) is 0 Å². The molecular formula is C15H17N3O6. The van der Waals surface area contributed by atoms with Gasteiger partial charge in [-0.25, -0.2) is 4.79 Å². The van der Waals surface area contributed by atoms with E-state index in [0.717, 1.165) is 0 Å². The number of hydrogen-bond acceptors (Lipinski definition) is 7. The number of fused-ring (bicyclic) bond motifs is 1. The Kier molecular flexibility index (Phi) is 4.98. The Labute approximate surface area is 137 Å². The molecule has 2 fully saturated rings. The number of carbonyl (C=O) groups is 1. The lowest BCUT2D eigenvalue weighted by Gasteiger charge is -2.45. The van der Waals surface area contributed by atoms with Crippen LogP contribution in [0.4, 0.5) is 0 Å². The minimum atomic E-state index is -1.21. The highest BCUT2D eigenvalue weighted by Crippen LogP contribution is 2.31. The van der Waals surface area contributed by atoms with Gasteiger partial charge in [0.1, 0.15) is 18.3 Å². The molecule has 2 aliphatic rings. The Morgan fingerprint density at radius 3 is 2.83 bits per heavy atom. The zero-order valence-corrected chi connectivity index (χ0v) is 12.9. The summed E-state index contributed by atoms with van der Waals surface area (Å²) >= 11 is 0. The molecule has 1 aromatic rings. The molecule has 2 heterocycles. The van der Waals surface area contributed by atoms with E-state index < -0.39 is 42.9 Å². The predicted octanol–water partition coefficient (Wildman–Crippen LogP) is 1.37. The molecule has 3 rings (SSSR count). The van der Waals surface area contributed by atoms with Crippen LogP contribution in [-0.2, 0) is 18.9 Å². The quantitative estimate of drug-likeness (QED) is 0.385. The first-order chi connectivity index (χ1) is 11.6. The molecule has 0 aliphatic carbocycles. The molecule has 2 aliphatic heterocycles. The van der Waals surface area contributed by atoms with E-state index in [-0.39, 0.29) is 6.61 Å². The number of azide groups is 1. The summed E-state index contributed by atoms with van der Waals surface area (Å²) in [5.74, 6) is -0.653. The first-order valence-electron chi connectivity index (χ1n) is 7.51. The number of hydrogen-bond donors (Lipinski definition) is 1. The van der Waals surface area contributed by atoms with Crippen molar-refractivity contribution in [1.82, 2.24) is 0 Å². The summed E-state index contributed by atoms with van der Waals surface area (Å²) in [7, 11) is 0. The number of benzene rings is 1. The number of rotatable bonds is 3. The summed E-state index contributed by atoms with van der Waals surface area (Å²) in [4.78, 5) is 14.9. The Balaban J connectivity index is 1.80. The van der Waals surface area contributed by atoms with Crippen LogP contribution in [0.5, 0.6) is 0 Å². The number of ether oxygens (including phenoxy) is 4. The normalized spacial score (nSPS) is 35.4. The van der Waals surface area contributed by atoms with Crippen molar-refractivity contribution in [2.75, 3.05) is 6.61 Å². The highest BCUT2D eigenvalue weighted by molar-refractivity contribution is 5.89. The third-order valence-electron chi connectivity index (χ3n) is 3.90. The van der Waals surface area contributed by atoms with Gasteiger partial charge in [0.2, 0.25) is 0 Å². The van der Waals surface area contributed by atoms with Crippen molar-refractivity contribution >= 4 is 5.97 Å². The molecule has 1 N–H and O–H groups in total. The third-order valence-corrected chi connectivity index (χ3v) is 3.90. The Hall–Kier alpha value is -2.16. The molecule has 128 valence electrons. The minimum Gasteiger partial charge on any atom is -0.453 e. The second-order valence-corrected chi connectivity index (χ2v) is 5.50. The number of nitrogens with zero attached hydrogens (tertiary/aromatic N) is 3. The fourth-order valence-electron chi connectivity index (χ4n) is 2.74. The second kappa shape index (κ2) is 7.16. The van der Waals surface area contributed by atoms with Crippen LogP contribution in [0, 0.1) is 0 Å². The topological polar surface area (TPSA) is 123 Å². The van der Waals surface area contributed by atoms with Crippen molar-refractivity contribution in [2.45, 2.75) is 43.9 Å². The molecule has 0 amide bonds. The average molecular weight is 335 g/mol. The minimum absolute atomic E-state index is 0.180. The van der Waals surface area contributed by atoms with Crippen LogP contribution in [0.3, 0.4) is 0 Å². The van der Waals surface area contributed by atoms with E-state index in [9.17, 15) is 9.90 Å². The van der Waals surface area contributed by atoms with Crippen molar-refractivity contribution in [1.29, 1.82) is 0 Å². The zero-order valence-electron chi connectivity index (χ0n) is 12.9. The van der Waals surface area contributed by atoms with Crippen LogP contribution >= 0.6 is 0 Å². The summed E-state index contributed by atoms with van der Waals surface area (Å²) in [5.41, 5.74) is 9.02. The summed E-state index contributed by atoms with van der Waals surface area (Å²) in [6.45, 7) is 1.87. The summed E-state index contributed by atoms with van der Waals surface area (Å²) in [5, 5.41) is 14.0. The van der Waals surface area contributed by atoms with E-state index in [0.29, 0.717) is 5.56 Å². The summed E-state index contributed by atoms with van der Waals surface area (Å²) < 4.78 is 21.8. The molecule has 24 heavy (non-hydrogen) atoms. The number of carbonyl (C=O) groups excluding carboxylic acids is 1. The van der Waals surface area contributed by atoms with E-state index >= 15 is 0 Å². The van der Waals surface area contributed by atoms with Gasteiger partial charge in [-0.2, -0.15) is 0 Å². The lowest BCUT2D eigenvalue weighted by molar-refractivity contribution is -0.319. The van der Waals surface area contributed by atoms with Crippen molar-refractivity contribution in [2.24, 2.45) is 5.11 Å². The molecule has 9 nitrogen and oxygen atoms in total. The van der Waals surface area contributed by atoms with Gasteiger partial charge in [0.05, 0.1) is 12.2 Å².